The summed E-state index contributed by atoms with van der Waals surface area (Å²) in [6.45, 7) is 2.06. The van der Waals surface area contributed by atoms with Crippen LogP contribution in [0.2, 0.25) is 5.02 Å². The van der Waals surface area contributed by atoms with Crippen LogP contribution < -0.4 is 5.32 Å². The molecule has 1 aromatic carbocycles. The van der Waals surface area contributed by atoms with Crippen LogP contribution in [0.3, 0.4) is 0 Å². The number of carbonyl (C=O) groups is 1. The Labute approximate surface area is 195 Å². The molecule has 4 heterocycles. The van der Waals surface area contributed by atoms with Crippen molar-refractivity contribution >= 4 is 39.9 Å². The van der Waals surface area contributed by atoms with Crippen LogP contribution in [0, 0.1) is 18.7 Å². The van der Waals surface area contributed by atoms with Gasteiger partial charge in [-0.25, -0.2) is 18.7 Å². The fourth-order valence-electron chi connectivity index (χ4n) is 4.06. The molecule has 34 heavy (non-hydrogen) atoms. The summed E-state index contributed by atoms with van der Waals surface area (Å²) >= 11 is 6.53. The van der Waals surface area contributed by atoms with E-state index in [1.807, 2.05) is 11.5 Å². The van der Waals surface area contributed by atoms with E-state index in [1.54, 1.807) is 35.4 Å². The second-order valence-electron chi connectivity index (χ2n) is 8.25. The number of H-pyrrole nitrogens is 1. The Balaban J connectivity index is 1.41. The summed E-state index contributed by atoms with van der Waals surface area (Å²) in [4.78, 5) is 24.9. The molecule has 1 aliphatic carbocycles. The van der Waals surface area contributed by atoms with Crippen LogP contribution in [-0.4, -0.2) is 46.2 Å². The number of carbonyl (C=O) groups excluding carboxylic acids is 1. The average molecular weight is 483 g/mol. The zero-order valence-electron chi connectivity index (χ0n) is 17.8. The topological polar surface area (TPSA) is 106 Å². The number of nitrogens with zero attached hydrogens (tertiary/aromatic N) is 6. The minimum Gasteiger partial charge on any atom is -0.331 e. The van der Waals surface area contributed by atoms with Gasteiger partial charge >= 0.3 is 0 Å². The van der Waals surface area contributed by atoms with Gasteiger partial charge in [-0.3, -0.25) is 14.9 Å². The standard InChI is InChI=1S/C22H17ClF2N8O/c1-10-26-2-3-32(10)7-13-20(25)19(23)18(12-5-28-31-21(12)13)15-8-33-9-16(29-17(33)6-27-15)30-22(34)11-4-14(11)24/h2-3,5-6,8-9,11,14H,4,7H2,1H3,(H,28,31)(H,30,34). The highest BCUT2D eigenvalue weighted by Crippen LogP contribution is 2.39. The lowest BCUT2D eigenvalue weighted by Crippen LogP contribution is -2.15. The number of aromatic nitrogens is 7. The Kier molecular flexibility index (Phi) is 4.63. The summed E-state index contributed by atoms with van der Waals surface area (Å²) in [5.41, 5.74) is 2.11. The lowest BCUT2D eigenvalue weighted by atomic mass is 10.0. The number of fused-ring (bicyclic) bond motifs is 2. The van der Waals surface area contributed by atoms with E-state index in [1.165, 1.54) is 6.20 Å². The molecule has 9 nitrogen and oxygen atoms in total. The lowest BCUT2D eigenvalue weighted by molar-refractivity contribution is -0.117. The highest BCUT2D eigenvalue weighted by molar-refractivity contribution is 6.35. The molecule has 2 atom stereocenters. The number of anilines is 1. The van der Waals surface area contributed by atoms with Crippen molar-refractivity contribution in [1.82, 2.24) is 34.1 Å². The third-order valence-corrected chi connectivity index (χ3v) is 6.39. The number of rotatable bonds is 5. The molecule has 1 aliphatic rings. The maximum Gasteiger partial charge on any atom is 0.231 e. The van der Waals surface area contributed by atoms with Crippen LogP contribution in [-0.2, 0) is 11.3 Å². The highest BCUT2D eigenvalue weighted by Gasteiger charge is 2.43. The van der Waals surface area contributed by atoms with Crippen molar-refractivity contribution in [3.63, 3.8) is 0 Å². The van der Waals surface area contributed by atoms with Crippen molar-refractivity contribution in [2.45, 2.75) is 26.1 Å². The molecule has 0 radical (unpaired) electrons. The Morgan fingerprint density at radius 2 is 2.15 bits per heavy atom. The largest absolute Gasteiger partial charge is 0.331 e. The number of benzene rings is 1. The smallest absolute Gasteiger partial charge is 0.231 e. The Morgan fingerprint density at radius 1 is 1.32 bits per heavy atom. The van der Waals surface area contributed by atoms with Gasteiger partial charge in [0, 0.05) is 35.1 Å². The van der Waals surface area contributed by atoms with Crippen molar-refractivity contribution in [2.24, 2.45) is 5.92 Å². The second kappa shape index (κ2) is 7.59. The van der Waals surface area contributed by atoms with E-state index in [-0.39, 0.29) is 23.8 Å². The summed E-state index contributed by atoms with van der Waals surface area (Å²) < 4.78 is 32.1. The first-order valence-electron chi connectivity index (χ1n) is 10.5. The lowest BCUT2D eigenvalue weighted by Gasteiger charge is -2.13. The quantitative estimate of drug-likeness (QED) is 0.395. The van der Waals surface area contributed by atoms with Gasteiger partial charge < -0.3 is 14.3 Å². The molecule has 1 saturated carbocycles. The molecular weight excluding hydrogens is 466 g/mol. The summed E-state index contributed by atoms with van der Waals surface area (Å²) in [7, 11) is 0. The summed E-state index contributed by atoms with van der Waals surface area (Å²) in [5, 5.41) is 10.1. The van der Waals surface area contributed by atoms with Gasteiger partial charge in [0.15, 0.2) is 11.5 Å². The predicted molar refractivity (Wildman–Crippen MR) is 121 cm³/mol. The maximum atomic E-state index is 15.5. The molecule has 0 bridgehead atoms. The minimum absolute atomic E-state index is 0.0788. The number of hydrogen-bond donors (Lipinski definition) is 2. The predicted octanol–water partition coefficient (Wildman–Crippen LogP) is 3.91. The fourth-order valence-corrected chi connectivity index (χ4v) is 4.37. The van der Waals surface area contributed by atoms with Gasteiger partial charge in [-0.2, -0.15) is 5.10 Å². The molecular formula is C22H17ClF2N8O. The number of halogens is 3. The molecule has 2 N–H and O–H groups in total. The van der Waals surface area contributed by atoms with E-state index in [2.05, 4.69) is 30.5 Å². The number of nitrogens with one attached hydrogen (secondary N) is 2. The third-order valence-electron chi connectivity index (χ3n) is 6.04. The maximum absolute atomic E-state index is 15.5. The fraction of sp³-hybridized carbons (Fsp3) is 0.227. The van der Waals surface area contributed by atoms with Crippen LogP contribution in [0.25, 0.3) is 27.8 Å². The molecule has 1 amide bonds. The number of hydrogen-bond acceptors (Lipinski definition) is 5. The normalized spacial score (nSPS) is 17.5. The van der Waals surface area contributed by atoms with Crippen LogP contribution in [0.1, 0.15) is 17.8 Å². The zero-order valence-corrected chi connectivity index (χ0v) is 18.5. The first-order chi connectivity index (χ1) is 16.4. The van der Waals surface area contributed by atoms with Gasteiger partial charge in [-0.1, -0.05) is 11.6 Å². The molecule has 5 aromatic rings. The third kappa shape index (κ3) is 3.31. The van der Waals surface area contributed by atoms with Crippen LogP contribution in [0.15, 0.2) is 37.2 Å². The van der Waals surface area contributed by atoms with Gasteiger partial charge in [-0.15, -0.1) is 0 Å². The van der Waals surface area contributed by atoms with Gasteiger partial charge in [0.1, 0.15) is 17.8 Å². The molecule has 6 rings (SSSR count). The second-order valence-corrected chi connectivity index (χ2v) is 8.63. The van der Waals surface area contributed by atoms with E-state index in [0.717, 1.165) is 5.82 Å². The highest BCUT2D eigenvalue weighted by atomic mass is 35.5. The van der Waals surface area contributed by atoms with Gasteiger partial charge in [0.25, 0.3) is 0 Å². The van der Waals surface area contributed by atoms with Gasteiger partial charge in [0.2, 0.25) is 5.91 Å². The Morgan fingerprint density at radius 3 is 2.88 bits per heavy atom. The Bertz CT molecular complexity index is 1590. The van der Waals surface area contributed by atoms with Crippen LogP contribution in [0.5, 0.6) is 0 Å². The average Bonchev–Trinajstić information content (AvgIpc) is 3.16. The van der Waals surface area contributed by atoms with E-state index in [4.69, 9.17) is 11.6 Å². The van der Waals surface area contributed by atoms with E-state index in [0.29, 0.717) is 33.4 Å². The first-order valence-corrected chi connectivity index (χ1v) is 10.9. The monoisotopic (exact) mass is 482 g/mol. The molecule has 0 aliphatic heterocycles. The number of amides is 1. The van der Waals surface area contributed by atoms with Crippen molar-refractivity contribution in [2.75, 3.05) is 5.32 Å². The number of imidazole rings is 2. The first kappa shape index (κ1) is 20.7. The van der Waals surface area contributed by atoms with Crippen molar-refractivity contribution in [1.29, 1.82) is 0 Å². The molecule has 0 spiro atoms. The van der Waals surface area contributed by atoms with Crippen LogP contribution in [0.4, 0.5) is 14.6 Å². The SMILES string of the molecule is Cc1nccn1Cc1c(F)c(Cl)c(-c2cn3cc(NC(=O)C4CC4F)nc3cn2)c2cn[nH]c12. The molecule has 172 valence electrons. The van der Waals surface area contributed by atoms with Gasteiger partial charge in [-0.05, 0) is 13.3 Å². The molecule has 2 unspecified atom stereocenters. The van der Waals surface area contributed by atoms with Gasteiger partial charge in [0.05, 0.1) is 47.3 Å². The van der Waals surface area contributed by atoms with E-state index in [9.17, 15) is 9.18 Å². The molecule has 12 heteroatoms. The number of aryl methyl sites for hydroxylation is 1. The minimum atomic E-state index is -1.10. The van der Waals surface area contributed by atoms with E-state index < -0.39 is 23.8 Å². The number of alkyl halides is 1. The summed E-state index contributed by atoms with van der Waals surface area (Å²) in [6.07, 6.45) is 8.83. The Hall–Kier alpha value is -3.86. The molecule has 1 fully saturated rings. The summed E-state index contributed by atoms with van der Waals surface area (Å²) in [5.74, 6) is -0.588. The summed E-state index contributed by atoms with van der Waals surface area (Å²) in [6, 6.07) is 0. The van der Waals surface area contributed by atoms with E-state index >= 15 is 4.39 Å². The van der Waals surface area contributed by atoms with Crippen LogP contribution >= 0.6 is 11.6 Å². The zero-order chi connectivity index (χ0) is 23.6. The van der Waals surface area contributed by atoms with Crippen molar-refractivity contribution < 1.29 is 13.6 Å². The number of aromatic amines is 1. The molecule has 4 aromatic heterocycles. The van der Waals surface area contributed by atoms with Crippen molar-refractivity contribution in [3.05, 3.63) is 59.4 Å². The van der Waals surface area contributed by atoms with Crippen molar-refractivity contribution in [3.8, 4) is 11.3 Å². The molecule has 0 saturated heterocycles.